The summed E-state index contributed by atoms with van der Waals surface area (Å²) in [6.07, 6.45) is 4.20. The second-order valence-electron chi connectivity index (χ2n) is 4.07. The van der Waals surface area contributed by atoms with Gasteiger partial charge in [0.15, 0.2) is 0 Å². The summed E-state index contributed by atoms with van der Waals surface area (Å²) >= 11 is 0. The highest BCUT2D eigenvalue weighted by molar-refractivity contribution is 7.87. The predicted octanol–water partition coefficient (Wildman–Crippen LogP) is -0.100. The molecule has 3 N–H and O–H groups in total. The quantitative estimate of drug-likeness (QED) is 0.714. The van der Waals surface area contributed by atoms with Crippen molar-refractivity contribution in [3.8, 4) is 0 Å². The summed E-state index contributed by atoms with van der Waals surface area (Å²) < 4.78 is 27.0. The fourth-order valence-corrected chi connectivity index (χ4v) is 3.19. The highest BCUT2D eigenvalue weighted by Gasteiger charge is 2.32. The molecule has 0 aromatic carbocycles. The first kappa shape index (κ1) is 12.9. The molecular weight excluding hydrogens is 214 g/mol. The normalized spacial score (nSPS) is 28.3. The third-order valence-corrected chi connectivity index (χ3v) is 4.82. The van der Waals surface area contributed by atoms with E-state index < -0.39 is 10.2 Å². The third kappa shape index (κ3) is 2.90. The van der Waals surface area contributed by atoms with Crippen LogP contribution in [0.25, 0.3) is 0 Å². The largest absolute Gasteiger partial charge is 0.330 e. The van der Waals surface area contributed by atoms with E-state index in [0.717, 1.165) is 25.7 Å². The number of nitrogens with one attached hydrogen (secondary N) is 1. The fraction of sp³-hybridized carbons (Fsp3) is 1.00. The Balaban J connectivity index is 2.76. The Morgan fingerprint density at radius 1 is 1.40 bits per heavy atom. The van der Waals surface area contributed by atoms with Crippen molar-refractivity contribution in [2.24, 2.45) is 11.7 Å². The smallest absolute Gasteiger partial charge is 0.279 e. The molecule has 6 heteroatoms. The molecule has 0 bridgehead atoms. The molecule has 0 aromatic rings. The van der Waals surface area contributed by atoms with E-state index in [4.69, 9.17) is 5.73 Å². The Bertz CT molecular complexity index is 292. The molecule has 0 spiro atoms. The van der Waals surface area contributed by atoms with Crippen LogP contribution in [0.5, 0.6) is 0 Å². The van der Waals surface area contributed by atoms with Gasteiger partial charge in [0.1, 0.15) is 0 Å². The molecule has 0 radical (unpaired) electrons. The first-order valence-electron chi connectivity index (χ1n) is 5.39. The van der Waals surface area contributed by atoms with Crippen LogP contribution in [0.1, 0.15) is 25.7 Å². The van der Waals surface area contributed by atoms with E-state index in [1.807, 2.05) is 0 Å². The van der Waals surface area contributed by atoms with E-state index in [9.17, 15) is 8.42 Å². The molecule has 0 heterocycles. The molecule has 0 aliphatic heterocycles. The molecule has 1 saturated carbocycles. The molecule has 0 aromatic heterocycles. The van der Waals surface area contributed by atoms with Gasteiger partial charge < -0.3 is 5.73 Å². The lowest BCUT2D eigenvalue weighted by Crippen LogP contribution is -2.49. The molecule has 5 nitrogen and oxygen atoms in total. The van der Waals surface area contributed by atoms with Crippen molar-refractivity contribution in [2.45, 2.75) is 31.7 Å². The van der Waals surface area contributed by atoms with Gasteiger partial charge >= 0.3 is 0 Å². The van der Waals surface area contributed by atoms with Gasteiger partial charge in [-0.1, -0.05) is 12.8 Å². The summed E-state index contributed by atoms with van der Waals surface area (Å²) in [5, 5.41) is 0. The van der Waals surface area contributed by atoms with E-state index in [-0.39, 0.29) is 6.04 Å². The summed E-state index contributed by atoms with van der Waals surface area (Å²) in [5.74, 6) is 0.298. The van der Waals surface area contributed by atoms with Gasteiger partial charge in [-0.2, -0.15) is 12.7 Å². The molecule has 1 rings (SSSR count). The van der Waals surface area contributed by atoms with Gasteiger partial charge in [-0.05, 0) is 25.3 Å². The molecule has 0 saturated heterocycles. The molecule has 1 fully saturated rings. The van der Waals surface area contributed by atoms with Crippen LogP contribution in [0.3, 0.4) is 0 Å². The predicted molar refractivity (Wildman–Crippen MR) is 60.5 cm³/mol. The zero-order chi connectivity index (χ0) is 11.5. The lowest BCUT2D eigenvalue weighted by Gasteiger charge is -2.36. The molecule has 2 atom stereocenters. The monoisotopic (exact) mass is 235 g/mol. The van der Waals surface area contributed by atoms with E-state index in [1.54, 1.807) is 7.05 Å². The van der Waals surface area contributed by atoms with Gasteiger partial charge in [0, 0.05) is 20.1 Å². The summed E-state index contributed by atoms with van der Waals surface area (Å²) in [5.41, 5.74) is 5.67. The Hall–Kier alpha value is -0.170. The fourth-order valence-electron chi connectivity index (χ4n) is 2.26. The second kappa shape index (κ2) is 5.25. The summed E-state index contributed by atoms with van der Waals surface area (Å²) in [7, 11) is -0.247. The number of nitrogens with zero attached hydrogens (tertiary/aromatic N) is 1. The Labute approximate surface area is 92.2 Å². The summed E-state index contributed by atoms with van der Waals surface area (Å²) in [6, 6.07) is 0.0567. The van der Waals surface area contributed by atoms with Crippen molar-refractivity contribution < 1.29 is 8.42 Å². The van der Waals surface area contributed by atoms with E-state index in [2.05, 4.69) is 4.72 Å². The zero-order valence-corrected chi connectivity index (χ0v) is 10.3. The minimum atomic E-state index is -3.31. The van der Waals surface area contributed by atoms with Crippen LogP contribution in [0.2, 0.25) is 0 Å². The lowest BCUT2D eigenvalue weighted by atomic mass is 9.85. The Kier molecular flexibility index (Phi) is 4.51. The maximum atomic E-state index is 11.6. The standard InChI is InChI=1S/C9H21N3O2S/c1-11-15(13,14)12(2)9-6-4-3-5-8(9)7-10/h8-9,11H,3-7,10H2,1-2H3. The van der Waals surface area contributed by atoms with Crippen molar-refractivity contribution in [2.75, 3.05) is 20.6 Å². The first-order chi connectivity index (χ1) is 7.03. The molecule has 1 aliphatic rings. The van der Waals surface area contributed by atoms with E-state index in [1.165, 1.54) is 11.4 Å². The van der Waals surface area contributed by atoms with Crippen molar-refractivity contribution in [3.63, 3.8) is 0 Å². The average Bonchev–Trinajstić information content (AvgIpc) is 2.28. The second-order valence-corrected chi connectivity index (χ2v) is 6.01. The molecule has 90 valence electrons. The molecule has 2 unspecified atom stereocenters. The van der Waals surface area contributed by atoms with Crippen LogP contribution in [-0.2, 0) is 10.2 Å². The van der Waals surface area contributed by atoms with Crippen LogP contribution < -0.4 is 10.5 Å². The van der Waals surface area contributed by atoms with Gasteiger partial charge in [-0.25, -0.2) is 4.72 Å². The van der Waals surface area contributed by atoms with Crippen LogP contribution in [0.15, 0.2) is 0 Å². The van der Waals surface area contributed by atoms with Gasteiger partial charge in [0.25, 0.3) is 10.2 Å². The Morgan fingerprint density at radius 3 is 2.53 bits per heavy atom. The number of rotatable bonds is 4. The van der Waals surface area contributed by atoms with Crippen molar-refractivity contribution in [3.05, 3.63) is 0 Å². The third-order valence-electron chi connectivity index (χ3n) is 3.28. The van der Waals surface area contributed by atoms with Crippen LogP contribution in [0, 0.1) is 5.92 Å². The topological polar surface area (TPSA) is 75.4 Å². The molecular formula is C9H21N3O2S. The number of hydrogen-bond acceptors (Lipinski definition) is 3. The maximum Gasteiger partial charge on any atom is 0.279 e. The van der Waals surface area contributed by atoms with Crippen LogP contribution >= 0.6 is 0 Å². The van der Waals surface area contributed by atoms with Crippen LogP contribution in [0.4, 0.5) is 0 Å². The van der Waals surface area contributed by atoms with E-state index >= 15 is 0 Å². The highest BCUT2D eigenvalue weighted by Crippen LogP contribution is 2.28. The maximum absolute atomic E-state index is 11.6. The number of nitrogens with two attached hydrogens (primary N) is 1. The van der Waals surface area contributed by atoms with Gasteiger partial charge in [-0.3, -0.25) is 0 Å². The van der Waals surface area contributed by atoms with Crippen molar-refractivity contribution in [1.82, 2.24) is 9.03 Å². The van der Waals surface area contributed by atoms with Gasteiger partial charge in [-0.15, -0.1) is 0 Å². The van der Waals surface area contributed by atoms with Gasteiger partial charge in [0.2, 0.25) is 0 Å². The SMILES string of the molecule is CNS(=O)(=O)N(C)C1CCCCC1CN. The highest BCUT2D eigenvalue weighted by atomic mass is 32.2. The minimum absolute atomic E-state index is 0.0567. The Morgan fingerprint density at radius 2 is 2.00 bits per heavy atom. The van der Waals surface area contributed by atoms with Gasteiger partial charge in [0.05, 0.1) is 0 Å². The zero-order valence-electron chi connectivity index (χ0n) is 9.44. The molecule has 15 heavy (non-hydrogen) atoms. The van der Waals surface area contributed by atoms with Crippen molar-refractivity contribution >= 4 is 10.2 Å². The molecule has 1 aliphatic carbocycles. The average molecular weight is 235 g/mol. The lowest BCUT2D eigenvalue weighted by molar-refractivity contribution is 0.203. The molecule has 0 amide bonds. The minimum Gasteiger partial charge on any atom is -0.330 e. The first-order valence-corrected chi connectivity index (χ1v) is 6.83. The summed E-state index contributed by atoms with van der Waals surface area (Å²) in [6.45, 7) is 0.564. The number of hydrogen-bond donors (Lipinski definition) is 2. The van der Waals surface area contributed by atoms with Crippen molar-refractivity contribution in [1.29, 1.82) is 0 Å². The van der Waals surface area contributed by atoms with E-state index in [0.29, 0.717) is 12.5 Å². The summed E-state index contributed by atoms with van der Waals surface area (Å²) in [4.78, 5) is 0. The van der Waals surface area contributed by atoms with Crippen LogP contribution in [-0.4, -0.2) is 39.4 Å².